The summed E-state index contributed by atoms with van der Waals surface area (Å²) in [6, 6.07) is 0.205. The van der Waals surface area contributed by atoms with Gasteiger partial charge in [-0.3, -0.25) is 9.69 Å². The van der Waals surface area contributed by atoms with E-state index in [1.165, 1.54) is 6.42 Å². The minimum atomic E-state index is 0.205. The molecule has 0 spiro atoms. The number of hydrogen-bond acceptors (Lipinski definition) is 4. The molecule has 0 N–H and O–H groups in total. The molecule has 4 nitrogen and oxygen atoms in total. The first-order valence-corrected chi connectivity index (χ1v) is 8.05. The monoisotopic (exact) mass is 281 g/mol. The second-order valence-corrected chi connectivity index (χ2v) is 5.86. The Labute approximate surface area is 119 Å². The van der Waals surface area contributed by atoms with Gasteiger partial charge in [-0.2, -0.15) is 0 Å². The largest absolute Gasteiger partial charge is 0.332 e. The molecule has 0 radical (unpaired) electrons. The first-order valence-electron chi connectivity index (χ1n) is 7.17. The number of hydrogen-bond donors (Lipinski definition) is 0. The summed E-state index contributed by atoms with van der Waals surface area (Å²) in [7, 11) is 0. The van der Waals surface area contributed by atoms with Crippen molar-refractivity contribution in [2.45, 2.75) is 39.2 Å². The molecule has 1 aliphatic rings. The van der Waals surface area contributed by atoms with Gasteiger partial charge in [-0.15, -0.1) is 11.3 Å². The fourth-order valence-electron chi connectivity index (χ4n) is 2.62. The van der Waals surface area contributed by atoms with Crippen LogP contribution in [0.3, 0.4) is 0 Å². The van der Waals surface area contributed by atoms with Gasteiger partial charge in [0.2, 0.25) is 5.91 Å². The molecule has 1 aliphatic heterocycles. The van der Waals surface area contributed by atoms with Crippen molar-refractivity contribution in [3.8, 4) is 0 Å². The first kappa shape index (κ1) is 14.5. The normalized spacial score (nSPS) is 19.9. The third kappa shape index (κ3) is 3.54. The zero-order chi connectivity index (χ0) is 13.7. The predicted molar refractivity (Wildman–Crippen MR) is 78.2 cm³/mol. The van der Waals surface area contributed by atoms with Crippen LogP contribution in [0, 0.1) is 0 Å². The third-order valence-electron chi connectivity index (χ3n) is 3.81. The number of thiazole rings is 1. The maximum atomic E-state index is 12.5. The van der Waals surface area contributed by atoms with Gasteiger partial charge in [-0.25, -0.2) is 4.98 Å². The van der Waals surface area contributed by atoms with Gasteiger partial charge in [-0.05, 0) is 32.4 Å². The van der Waals surface area contributed by atoms with Crippen molar-refractivity contribution in [1.82, 2.24) is 14.8 Å². The number of amides is 1. The first-order chi connectivity index (χ1) is 9.26. The summed E-state index contributed by atoms with van der Waals surface area (Å²) >= 11 is 1.66. The van der Waals surface area contributed by atoms with Crippen LogP contribution in [0.15, 0.2) is 11.6 Å². The minimum absolute atomic E-state index is 0.205. The Kier molecular flexibility index (Phi) is 5.34. The van der Waals surface area contributed by atoms with Gasteiger partial charge in [0.1, 0.15) is 5.01 Å². The molecule has 1 saturated heterocycles. The number of nitrogens with zero attached hydrogens (tertiary/aromatic N) is 3. The highest BCUT2D eigenvalue weighted by Crippen LogP contribution is 2.31. The second-order valence-electron chi connectivity index (χ2n) is 4.93. The van der Waals surface area contributed by atoms with E-state index in [2.05, 4.69) is 23.7 Å². The van der Waals surface area contributed by atoms with E-state index in [0.29, 0.717) is 6.54 Å². The number of piperidine rings is 1. The maximum Gasteiger partial charge on any atom is 0.237 e. The van der Waals surface area contributed by atoms with Gasteiger partial charge in [-0.1, -0.05) is 13.8 Å². The van der Waals surface area contributed by atoms with Gasteiger partial charge in [0.15, 0.2) is 0 Å². The summed E-state index contributed by atoms with van der Waals surface area (Å²) in [4.78, 5) is 21.1. The number of likely N-dealkylation sites (N-methyl/N-ethyl adjacent to an activating group) is 1. The Bertz CT molecular complexity index is 389. The molecule has 0 saturated carbocycles. The minimum Gasteiger partial charge on any atom is -0.332 e. The molecular weight excluding hydrogens is 258 g/mol. The van der Waals surface area contributed by atoms with Gasteiger partial charge in [0.05, 0.1) is 12.6 Å². The molecule has 1 fully saturated rings. The summed E-state index contributed by atoms with van der Waals surface area (Å²) in [6.07, 6.45) is 5.20. The topological polar surface area (TPSA) is 36.4 Å². The zero-order valence-corrected chi connectivity index (χ0v) is 12.7. The van der Waals surface area contributed by atoms with Gasteiger partial charge in [0.25, 0.3) is 0 Å². The van der Waals surface area contributed by atoms with Gasteiger partial charge >= 0.3 is 0 Å². The average Bonchev–Trinajstić information content (AvgIpc) is 2.98. The number of carbonyl (C=O) groups excluding carboxylic acids is 1. The molecular formula is C14H23N3OS. The summed E-state index contributed by atoms with van der Waals surface area (Å²) in [5.74, 6) is 0.253. The molecule has 106 valence electrons. The fraction of sp³-hybridized carbons (Fsp3) is 0.714. The molecule has 19 heavy (non-hydrogen) atoms. The molecule has 2 heterocycles. The quantitative estimate of drug-likeness (QED) is 0.832. The lowest BCUT2D eigenvalue weighted by molar-refractivity contribution is -0.136. The SMILES string of the molecule is CCN(CC)CC(=O)N1CCCC[C@H]1c1nccs1. The Hall–Kier alpha value is -0.940. The summed E-state index contributed by atoms with van der Waals surface area (Å²) < 4.78 is 0. The van der Waals surface area contributed by atoms with Crippen LogP contribution >= 0.6 is 11.3 Å². The predicted octanol–water partition coefficient (Wildman–Crippen LogP) is 2.54. The van der Waals surface area contributed by atoms with Crippen molar-refractivity contribution in [2.24, 2.45) is 0 Å². The molecule has 0 unspecified atom stereocenters. The molecule has 0 aliphatic carbocycles. The Morgan fingerprint density at radius 2 is 2.26 bits per heavy atom. The summed E-state index contributed by atoms with van der Waals surface area (Å²) in [5, 5.41) is 3.09. The summed E-state index contributed by atoms with van der Waals surface area (Å²) in [6.45, 7) is 7.48. The molecule has 1 aromatic heterocycles. The van der Waals surface area contributed by atoms with Crippen LogP contribution in [-0.2, 0) is 4.79 Å². The fourth-order valence-corrected chi connectivity index (χ4v) is 3.40. The molecule has 5 heteroatoms. The Morgan fingerprint density at radius 1 is 1.47 bits per heavy atom. The molecule has 0 aromatic carbocycles. The van der Waals surface area contributed by atoms with E-state index in [1.807, 2.05) is 16.5 Å². The second kappa shape index (κ2) is 7.01. The number of likely N-dealkylation sites (tertiary alicyclic amines) is 1. The molecule has 2 rings (SSSR count). The average molecular weight is 281 g/mol. The highest BCUT2D eigenvalue weighted by molar-refractivity contribution is 7.09. The maximum absolute atomic E-state index is 12.5. The lowest BCUT2D eigenvalue weighted by Crippen LogP contribution is -2.44. The number of carbonyl (C=O) groups is 1. The van der Waals surface area contributed by atoms with Crippen LogP contribution in [-0.4, -0.2) is 46.9 Å². The standard InChI is InChI=1S/C14H23N3OS/c1-3-16(4-2)11-13(18)17-9-6-5-7-12(17)14-15-8-10-19-14/h8,10,12H,3-7,9,11H2,1-2H3/t12-/m0/s1. The van der Waals surface area contributed by atoms with Crippen molar-refractivity contribution in [3.05, 3.63) is 16.6 Å². The van der Waals surface area contributed by atoms with E-state index in [4.69, 9.17) is 0 Å². The molecule has 0 bridgehead atoms. The summed E-state index contributed by atoms with van der Waals surface area (Å²) in [5.41, 5.74) is 0. The number of aromatic nitrogens is 1. The van der Waals surface area contributed by atoms with Crippen LogP contribution in [0.25, 0.3) is 0 Å². The molecule has 1 amide bonds. The Balaban J connectivity index is 2.05. The van der Waals surface area contributed by atoms with Crippen LogP contribution in [0.5, 0.6) is 0 Å². The van der Waals surface area contributed by atoms with Crippen molar-refractivity contribution >= 4 is 17.2 Å². The third-order valence-corrected chi connectivity index (χ3v) is 4.69. The van der Waals surface area contributed by atoms with E-state index < -0.39 is 0 Å². The van der Waals surface area contributed by atoms with Gasteiger partial charge in [0, 0.05) is 18.1 Å². The van der Waals surface area contributed by atoms with E-state index >= 15 is 0 Å². The van der Waals surface area contributed by atoms with Crippen molar-refractivity contribution in [2.75, 3.05) is 26.2 Å². The van der Waals surface area contributed by atoms with Crippen molar-refractivity contribution in [1.29, 1.82) is 0 Å². The van der Waals surface area contributed by atoms with E-state index in [0.717, 1.165) is 37.5 Å². The van der Waals surface area contributed by atoms with Crippen molar-refractivity contribution in [3.63, 3.8) is 0 Å². The highest BCUT2D eigenvalue weighted by atomic mass is 32.1. The van der Waals surface area contributed by atoms with E-state index in [9.17, 15) is 4.79 Å². The lowest BCUT2D eigenvalue weighted by Gasteiger charge is -2.35. The molecule has 1 aromatic rings. The van der Waals surface area contributed by atoms with Gasteiger partial charge < -0.3 is 4.90 Å². The van der Waals surface area contributed by atoms with E-state index in [1.54, 1.807) is 11.3 Å². The van der Waals surface area contributed by atoms with E-state index in [-0.39, 0.29) is 11.9 Å². The highest BCUT2D eigenvalue weighted by Gasteiger charge is 2.29. The van der Waals surface area contributed by atoms with Crippen LogP contribution in [0.1, 0.15) is 44.2 Å². The van der Waals surface area contributed by atoms with Crippen LogP contribution < -0.4 is 0 Å². The Morgan fingerprint density at radius 3 is 2.89 bits per heavy atom. The van der Waals surface area contributed by atoms with Crippen LogP contribution in [0.4, 0.5) is 0 Å². The number of rotatable bonds is 5. The molecule has 1 atom stereocenters. The lowest BCUT2D eigenvalue weighted by atomic mass is 10.0. The zero-order valence-electron chi connectivity index (χ0n) is 11.8. The smallest absolute Gasteiger partial charge is 0.237 e. The van der Waals surface area contributed by atoms with Crippen LogP contribution in [0.2, 0.25) is 0 Å². The van der Waals surface area contributed by atoms with Crippen molar-refractivity contribution < 1.29 is 4.79 Å².